The molecule has 12 bridgehead atoms. The largest absolute Gasteiger partial charge is 0.497 e. The van der Waals surface area contributed by atoms with Gasteiger partial charge in [-0.15, -0.1) is 0 Å². The van der Waals surface area contributed by atoms with Crippen molar-refractivity contribution in [3.05, 3.63) is 144 Å². The van der Waals surface area contributed by atoms with E-state index in [0.717, 1.165) is 22.6 Å². The molecule has 0 aliphatic carbocycles. The lowest BCUT2D eigenvalue weighted by Gasteiger charge is -2.37. The highest BCUT2D eigenvalue weighted by Crippen LogP contribution is 2.32. The number of rotatable bonds is 15. The third-order valence-corrected chi connectivity index (χ3v) is 21.5. The highest BCUT2D eigenvalue weighted by atomic mass is 19.1. The number of aliphatic hydroxyl groups is 1. The summed E-state index contributed by atoms with van der Waals surface area (Å²) in [6.07, 6.45) is -0.389. The third kappa shape index (κ3) is 24.6. The predicted octanol–water partition coefficient (Wildman–Crippen LogP) is 1.48. The van der Waals surface area contributed by atoms with Crippen LogP contribution in [0.2, 0.25) is 0 Å². The number of methoxy groups -OCH3 is 1. The van der Waals surface area contributed by atoms with Crippen LogP contribution in [-0.2, 0) is 117 Å². The summed E-state index contributed by atoms with van der Waals surface area (Å²) in [6, 6.07) is 13.7. The molecule has 624 valence electrons. The van der Waals surface area contributed by atoms with Crippen molar-refractivity contribution < 1.29 is 90.5 Å². The minimum atomic E-state index is -1.86. The molecule has 115 heavy (non-hydrogen) atoms. The van der Waals surface area contributed by atoms with Gasteiger partial charge < -0.3 is 103 Å². The monoisotopic (exact) mass is 1600 g/mol. The fraction of sp³-hybridized carbons (Fsp3) is 0.530. The smallest absolute Gasteiger partial charge is 0.246 e. The van der Waals surface area contributed by atoms with Gasteiger partial charge in [0.15, 0.2) is 0 Å². The molecule has 0 spiro atoms. The van der Waals surface area contributed by atoms with Crippen molar-refractivity contribution in [2.75, 3.05) is 101 Å². The first kappa shape index (κ1) is 88.5. The Morgan fingerprint density at radius 1 is 0.687 bits per heavy atom. The van der Waals surface area contributed by atoms with E-state index < -0.39 is 150 Å². The lowest BCUT2D eigenvalue weighted by atomic mass is 9.95. The molecular weight excluding hydrogens is 1480 g/mol. The van der Waals surface area contributed by atoms with Crippen LogP contribution in [-0.4, -0.2) is 260 Å². The highest BCUT2D eigenvalue weighted by Gasteiger charge is 2.50. The Morgan fingerprint density at radius 3 is 2.14 bits per heavy atom. The van der Waals surface area contributed by atoms with Gasteiger partial charge in [0.1, 0.15) is 72.6 Å². The molecule has 0 radical (unpaired) electrons. The summed E-state index contributed by atoms with van der Waals surface area (Å²) >= 11 is 0. The Labute approximate surface area is 670 Å². The molecule has 2 saturated heterocycles. The average Bonchev–Trinajstić information content (AvgIpc) is 1.68. The molecule has 0 saturated carbocycles. The molecule has 31 nitrogen and oxygen atoms in total. The van der Waals surface area contributed by atoms with Crippen LogP contribution in [0.3, 0.4) is 0 Å². The average molecular weight is 1600 g/mol. The summed E-state index contributed by atoms with van der Waals surface area (Å²) < 4.78 is 41.5. The van der Waals surface area contributed by atoms with Crippen LogP contribution in [0.15, 0.2) is 97.2 Å². The van der Waals surface area contributed by atoms with E-state index >= 15 is 33.2 Å². The predicted molar refractivity (Wildman–Crippen MR) is 423 cm³/mol. The lowest BCUT2D eigenvalue weighted by Crippen LogP contribution is -2.64. The van der Waals surface area contributed by atoms with Crippen molar-refractivity contribution in [1.82, 2.24) is 67.1 Å². The Bertz CT molecular complexity index is 4270. The van der Waals surface area contributed by atoms with E-state index in [1.165, 1.54) is 38.0 Å². The second kappa shape index (κ2) is 41.2. The lowest BCUT2D eigenvalue weighted by molar-refractivity contribution is -0.870. The van der Waals surface area contributed by atoms with E-state index in [4.69, 9.17) is 18.9 Å². The first-order valence-electron chi connectivity index (χ1n) is 39.4. The minimum Gasteiger partial charge on any atom is -0.497 e. The zero-order chi connectivity index (χ0) is 81.8. The maximum absolute atomic E-state index is 16.3. The van der Waals surface area contributed by atoms with Crippen LogP contribution in [0.25, 0.3) is 10.9 Å². The van der Waals surface area contributed by atoms with Gasteiger partial charge in [0.05, 0.1) is 66.9 Å². The van der Waals surface area contributed by atoms with Crippen molar-refractivity contribution in [1.29, 1.82) is 0 Å². The van der Waals surface area contributed by atoms with Gasteiger partial charge >= 0.3 is 0 Å². The van der Waals surface area contributed by atoms with E-state index in [1.54, 1.807) is 72.6 Å². The van der Waals surface area contributed by atoms with Gasteiger partial charge in [0, 0.05) is 108 Å². The van der Waals surface area contributed by atoms with Gasteiger partial charge in [0.25, 0.3) is 0 Å². The molecule has 6 aliphatic rings. The van der Waals surface area contributed by atoms with E-state index in [-0.39, 0.29) is 117 Å². The molecule has 32 heteroatoms. The number of aliphatic hydroxyl groups excluding tert-OH is 1. The number of halogens is 1. The van der Waals surface area contributed by atoms with Crippen LogP contribution < -0.4 is 52.6 Å². The Morgan fingerprint density at radius 2 is 1.40 bits per heavy atom. The van der Waals surface area contributed by atoms with Crippen molar-refractivity contribution in [3.8, 4) is 5.75 Å². The van der Waals surface area contributed by atoms with Gasteiger partial charge in [-0.05, 0) is 129 Å². The fourth-order valence-electron chi connectivity index (χ4n) is 14.9. The molecular formula is C83H113FN14O17. The summed E-state index contributed by atoms with van der Waals surface area (Å²) in [5, 5.41) is 36.9. The van der Waals surface area contributed by atoms with Crippen LogP contribution in [0.5, 0.6) is 5.75 Å². The molecule has 5 aromatic rings. The molecule has 11 rings (SSSR count). The second-order valence-corrected chi connectivity index (χ2v) is 31.3. The van der Waals surface area contributed by atoms with Crippen molar-refractivity contribution in [3.63, 3.8) is 0 Å². The number of nitrogens with zero attached hydrogens (tertiary/aromatic N) is 5. The number of fused-ring (bicyclic) bond motifs is 16. The summed E-state index contributed by atoms with van der Waals surface area (Å²) in [6.45, 7) is 5.36. The van der Waals surface area contributed by atoms with E-state index in [9.17, 15) is 33.9 Å². The number of nitrogens with one attached hydrogen (secondary N) is 9. The first-order chi connectivity index (χ1) is 54.5. The molecule has 6 aliphatic heterocycles. The zero-order valence-electron chi connectivity index (χ0n) is 67.1. The topological polar surface area (TPSA) is 385 Å². The minimum absolute atomic E-state index is 0. The number of ether oxygens (including phenoxy) is 4. The Kier molecular flexibility index (Phi) is 31.8. The SMILES string of the molecule is COc1ccc(C[C@@H]2NC(=O)[C@H]([C@@H](C)O)NC(=O)[C@@H]3[C@@H]4CCN3C(=O)[C@@H]3Cc5cn(c6ccc(F)cc56)CCCCCN(Cc5ccc(cc5)CCNC(=O)[C@]5(C)CCCN5C2=O)C(=O)CCC(=O)N[C@@H](C)C(=O)N[C@H](CNC(=O)CCOCCOCC[N+](C)(C)C)C(=O)N[C@@H](Cc2cccc(c2)CNC(=O)CO4)C(=O)N3)cc1.[CH3-]. The fourth-order valence-corrected chi connectivity index (χ4v) is 14.9. The molecule has 2 fully saturated rings. The Hall–Kier alpha value is -10.4. The van der Waals surface area contributed by atoms with Crippen LogP contribution >= 0.6 is 0 Å². The van der Waals surface area contributed by atoms with Gasteiger partial charge in [-0.1, -0.05) is 60.7 Å². The maximum Gasteiger partial charge on any atom is 0.246 e. The van der Waals surface area contributed by atoms with Crippen LogP contribution in [0.4, 0.5) is 4.39 Å². The number of hydrogen-bond acceptors (Lipinski definition) is 17. The number of aromatic nitrogens is 1. The van der Waals surface area contributed by atoms with Crippen LogP contribution in [0, 0.1) is 13.2 Å². The highest BCUT2D eigenvalue weighted by molar-refractivity contribution is 6.00. The number of benzene rings is 4. The summed E-state index contributed by atoms with van der Waals surface area (Å²) in [5.74, 6) is -9.39. The molecule has 10 N–H and O–H groups in total. The standard InChI is InChI=1S/C82H109FN14O17.CH3/c1-51-74(103)91-65(47-86-68(99)29-37-112-39-40-113-38-36-97(4,5)6)76(105)88-62-43-56-13-11-14-57(41-56)46-85-70(101)50-114-67-28-35-95-73(67)78(107)92-72(52(2)98)77(106)90-63(42-54-19-22-60(111-7)23-20-54)80(109)96-34-12-30-82(96,3)81(110)84-31-27-53-15-17-55(18-16-53)48-94(71(102)26-25-69(100)87-51)33-10-8-9-32-93-49-58(44-64(79(95)108)89-75(62)104)61-45-59(83)21-24-66(61)93;/h11,13-24,41,45,49,51-52,62-65,67,72-73,98H,8-10,12,25-40,42-44,46-48,50H2,1-7H3,(H8-,84,85,86,87,88,89,90,91,92,99,100,101,103,104,105,106,107,110);1H3/q;-1/p+1/t51-,52+,62-,63-,64-,65+,67-,72-,73-,82-;/m0./s1. The number of aryl methyl sites for hydroxylation is 1. The number of carbonyl (C=O) groups is 12. The molecule has 12 amide bonds. The molecule has 1 aromatic heterocycles. The molecule has 7 heterocycles. The maximum atomic E-state index is 16.3. The van der Waals surface area contributed by atoms with E-state index in [0.29, 0.717) is 88.6 Å². The number of likely N-dealkylation sites (N-methyl/N-ethyl adjacent to an activating group) is 1. The van der Waals surface area contributed by atoms with E-state index in [1.807, 2.05) is 50.0 Å². The summed E-state index contributed by atoms with van der Waals surface area (Å²) in [5.41, 5.74) is 2.63. The van der Waals surface area contributed by atoms with Gasteiger partial charge in [-0.25, -0.2) is 4.39 Å². The van der Waals surface area contributed by atoms with Crippen molar-refractivity contribution >= 4 is 81.8 Å². The Balaban J connectivity index is 0.0000151. The normalized spacial score (nSPS) is 24.4. The number of carbonyl (C=O) groups excluding carboxylic acids is 12. The zero-order valence-corrected chi connectivity index (χ0v) is 67.1. The van der Waals surface area contributed by atoms with E-state index in [2.05, 4.69) is 47.9 Å². The molecule has 4 aromatic carbocycles. The number of amides is 12. The van der Waals surface area contributed by atoms with Gasteiger partial charge in [-0.3, -0.25) is 57.5 Å². The summed E-state index contributed by atoms with van der Waals surface area (Å²) in [4.78, 5) is 182. The number of quaternary nitrogens is 1. The quantitative estimate of drug-likeness (QED) is 0.0403. The third-order valence-electron chi connectivity index (χ3n) is 21.5. The number of hydrogen-bond donors (Lipinski definition) is 10. The van der Waals surface area contributed by atoms with Gasteiger partial charge in [-0.2, -0.15) is 0 Å². The van der Waals surface area contributed by atoms with Crippen molar-refractivity contribution in [2.24, 2.45) is 0 Å². The first-order valence-corrected chi connectivity index (χ1v) is 39.4. The van der Waals surface area contributed by atoms with Crippen LogP contribution in [0.1, 0.15) is 112 Å². The molecule has 0 unspecified atom stereocenters. The summed E-state index contributed by atoms with van der Waals surface area (Å²) in [7, 11) is 7.59. The second-order valence-electron chi connectivity index (χ2n) is 31.3. The van der Waals surface area contributed by atoms with Gasteiger partial charge in [0.2, 0.25) is 70.9 Å². The van der Waals surface area contributed by atoms with Crippen molar-refractivity contribution in [2.45, 2.75) is 184 Å². The molecule has 10 atom stereocenters.